The lowest BCUT2D eigenvalue weighted by atomic mass is 9.43. The van der Waals surface area contributed by atoms with Gasteiger partial charge in [0.2, 0.25) is 0 Å². The third-order valence-corrected chi connectivity index (χ3v) is 6.93. The quantitative estimate of drug-likeness (QED) is 0.749. The molecule has 1 unspecified atom stereocenters. The van der Waals surface area contributed by atoms with E-state index < -0.39 is 0 Å². The van der Waals surface area contributed by atoms with E-state index in [1.807, 2.05) is 6.07 Å². The standard InChI is InChI=1S/C19H25N3O/c1-19-11-16-17(19)15(10-12-9-13(20)5-6-14(12)19)22(16)18(23)21-7-3-2-4-8-21/h5-6,9,15-17H,2-4,7-8,10-11,20H2,1H3/t15-,16?,17-,19+/m1/s1. The van der Waals surface area contributed by atoms with Gasteiger partial charge in [-0.3, -0.25) is 0 Å². The summed E-state index contributed by atoms with van der Waals surface area (Å²) < 4.78 is 0. The molecule has 3 fully saturated rings. The lowest BCUT2D eigenvalue weighted by Gasteiger charge is -2.73. The van der Waals surface area contributed by atoms with Gasteiger partial charge in [0.15, 0.2) is 0 Å². The average molecular weight is 311 g/mol. The van der Waals surface area contributed by atoms with Crippen molar-refractivity contribution < 1.29 is 4.79 Å². The highest BCUT2D eigenvalue weighted by Crippen LogP contribution is 2.63. The van der Waals surface area contributed by atoms with Crippen molar-refractivity contribution in [2.75, 3.05) is 18.8 Å². The number of anilines is 1. The molecule has 2 amide bonds. The van der Waals surface area contributed by atoms with Crippen LogP contribution in [0.4, 0.5) is 10.5 Å². The number of piperidine rings is 2. The number of likely N-dealkylation sites (tertiary alicyclic amines) is 2. The number of nitrogen functional groups attached to an aromatic ring is 1. The smallest absolute Gasteiger partial charge is 0.320 e. The highest BCUT2D eigenvalue weighted by molar-refractivity contribution is 5.78. The number of benzene rings is 1. The molecule has 0 bridgehead atoms. The summed E-state index contributed by atoms with van der Waals surface area (Å²) in [6.45, 7) is 4.28. The SMILES string of the molecule is C[C@@]12CC3[C@H]1[C@@H](Cc1cc(N)ccc12)N3C(=O)N1CCCCC1. The van der Waals surface area contributed by atoms with Crippen molar-refractivity contribution in [3.8, 4) is 0 Å². The molecule has 4 atom stereocenters. The summed E-state index contributed by atoms with van der Waals surface area (Å²) in [5, 5.41) is 0. The first-order valence-electron chi connectivity index (χ1n) is 9.06. The van der Waals surface area contributed by atoms with Crippen LogP contribution >= 0.6 is 0 Å². The zero-order valence-electron chi connectivity index (χ0n) is 13.8. The number of nitrogens with two attached hydrogens (primary N) is 1. The molecule has 0 aromatic heterocycles. The monoisotopic (exact) mass is 311 g/mol. The van der Waals surface area contributed by atoms with Gasteiger partial charge < -0.3 is 15.5 Å². The van der Waals surface area contributed by atoms with Crippen LogP contribution in [0.2, 0.25) is 0 Å². The fraction of sp³-hybridized carbons (Fsp3) is 0.632. The number of amides is 2. The van der Waals surface area contributed by atoms with Gasteiger partial charge in [-0.15, -0.1) is 0 Å². The number of carbonyl (C=O) groups is 1. The summed E-state index contributed by atoms with van der Waals surface area (Å²) in [5.74, 6) is 0.660. The largest absolute Gasteiger partial charge is 0.399 e. The van der Waals surface area contributed by atoms with Crippen molar-refractivity contribution in [3.63, 3.8) is 0 Å². The summed E-state index contributed by atoms with van der Waals surface area (Å²) in [7, 11) is 0. The van der Waals surface area contributed by atoms with Gasteiger partial charge in [-0.2, -0.15) is 0 Å². The Hall–Kier alpha value is -1.71. The molecule has 122 valence electrons. The molecule has 4 heteroatoms. The van der Waals surface area contributed by atoms with Crippen LogP contribution in [0.5, 0.6) is 0 Å². The number of urea groups is 1. The molecule has 2 heterocycles. The Morgan fingerprint density at radius 1 is 1.22 bits per heavy atom. The average Bonchev–Trinajstić information content (AvgIpc) is 2.52. The van der Waals surface area contributed by atoms with Crippen LogP contribution in [0.15, 0.2) is 18.2 Å². The molecule has 4 aliphatic rings. The first-order valence-corrected chi connectivity index (χ1v) is 9.06. The molecule has 1 saturated carbocycles. The van der Waals surface area contributed by atoms with E-state index in [1.54, 1.807) is 0 Å². The number of rotatable bonds is 0. The van der Waals surface area contributed by atoms with Crippen LogP contribution < -0.4 is 5.73 Å². The zero-order valence-corrected chi connectivity index (χ0v) is 13.8. The Bertz CT molecular complexity index is 681. The highest BCUT2D eigenvalue weighted by Gasteiger charge is 2.69. The van der Waals surface area contributed by atoms with E-state index in [-0.39, 0.29) is 5.41 Å². The summed E-state index contributed by atoms with van der Waals surface area (Å²) >= 11 is 0. The molecule has 2 N–H and O–H groups in total. The zero-order chi connectivity index (χ0) is 15.8. The number of hydrogen-bond donors (Lipinski definition) is 1. The van der Waals surface area contributed by atoms with E-state index in [0.29, 0.717) is 24.0 Å². The lowest BCUT2D eigenvalue weighted by Crippen LogP contribution is -2.81. The molecule has 23 heavy (non-hydrogen) atoms. The Morgan fingerprint density at radius 2 is 2.00 bits per heavy atom. The molecule has 0 radical (unpaired) electrons. The van der Waals surface area contributed by atoms with Crippen LogP contribution in [0.1, 0.15) is 43.7 Å². The van der Waals surface area contributed by atoms with Gasteiger partial charge in [-0.05, 0) is 55.4 Å². The summed E-state index contributed by atoms with van der Waals surface area (Å²) in [5.41, 5.74) is 9.95. The molecule has 2 aliphatic carbocycles. The van der Waals surface area contributed by atoms with Gasteiger partial charge in [0.25, 0.3) is 0 Å². The summed E-state index contributed by atoms with van der Waals surface area (Å²) in [4.78, 5) is 17.3. The third kappa shape index (κ3) is 1.64. The van der Waals surface area contributed by atoms with Crippen molar-refractivity contribution in [1.29, 1.82) is 0 Å². The predicted molar refractivity (Wildman–Crippen MR) is 90.3 cm³/mol. The number of hydrogen-bond acceptors (Lipinski definition) is 2. The second-order valence-corrected chi connectivity index (χ2v) is 8.14. The highest BCUT2D eigenvalue weighted by atomic mass is 16.2. The van der Waals surface area contributed by atoms with Crippen LogP contribution in [-0.2, 0) is 11.8 Å². The molecule has 0 spiro atoms. The normalized spacial score (nSPS) is 37.3. The van der Waals surface area contributed by atoms with E-state index in [1.165, 1.54) is 17.5 Å². The van der Waals surface area contributed by atoms with E-state index in [9.17, 15) is 4.79 Å². The molecular formula is C19H25N3O. The van der Waals surface area contributed by atoms with Crippen molar-refractivity contribution in [2.45, 2.75) is 56.5 Å². The molecule has 2 saturated heterocycles. The first kappa shape index (κ1) is 13.7. The molecule has 5 rings (SSSR count). The minimum atomic E-state index is 0.259. The van der Waals surface area contributed by atoms with E-state index >= 15 is 0 Å². The van der Waals surface area contributed by atoms with Crippen molar-refractivity contribution in [2.24, 2.45) is 5.92 Å². The van der Waals surface area contributed by atoms with Gasteiger partial charge in [0.05, 0.1) is 0 Å². The Morgan fingerprint density at radius 3 is 2.78 bits per heavy atom. The molecule has 4 nitrogen and oxygen atoms in total. The van der Waals surface area contributed by atoms with Gasteiger partial charge in [0, 0.05) is 42.2 Å². The van der Waals surface area contributed by atoms with Crippen molar-refractivity contribution >= 4 is 11.7 Å². The van der Waals surface area contributed by atoms with E-state index in [2.05, 4.69) is 28.9 Å². The summed E-state index contributed by atoms with van der Waals surface area (Å²) in [6, 6.07) is 7.56. The minimum absolute atomic E-state index is 0.259. The molecule has 1 aromatic rings. The van der Waals surface area contributed by atoms with Crippen molar-refractivity contribution in [3.05, 3.63) is 29.3 Å². The maximum absolute atomic E-state index is 13.0. The van der Waals surface area contributed by atoms with Crippen LogP contribution in [0.3, 0.4) is 0 Å². The van der Waals surface area contributed by atoms with Crippen molar-refractivity contribution in [1.82, 2.24) is 9.80 Å². The third-order valence-electron chi connectivity index (χ3n) is 6.93. The number of carbonyl (C=O) groups excluding carboxylic acids is 1. The fourth-order valence-electron chi connectivity index (χ4n) is 5.84. The van der Waals surface area contributed by atoms with E-state index in [4.69, 9.17) is 5.73 Å². The second kappa shape index (κ2) is 4.43. The molecule has 2 aliphatic heterocycles. The second-order valence-electron chi connectivity index (χ2n) is 8.14. The van der Waals surface area contributed by atoms with Crippen LogP contribution in [0, 0.1) is 5.92 Å². The topological polar surface area (TPSA) is 49.6 Å². The van der Waals surface area contributed by atoms with Gasteiger partial charge in [-0.25, -0.2) is 4.79 Å². The Kier molecular flexibility index (Phi) is 2.64. The molecule has 1 aromatic carbocycles. The number of nitrogens with zero attached hydrogens (tertiary/aromatic N) is 2. The minimum Gasteiger partial charge on any atom is -0.399 e. The first-order chi connectivity index (χ1) is 11.1. The van der Waals surface area contributed by atoms with Gasteiger partial charge in [-0.1, -0.05) is 13.0 Å². The number of fused-ring (bicyclic) bond motifs is 2. The predicted octanol–water partition coefficient (Wildman–Crippen LogP) is 2.76. The molecular weight excluding hydrogens is 286 g/mol. The van der Waals surface area contributed by atoms with E-state index in [0.717, 1.165) is 44.5 Å². The summed E-state index contributed by atoms with van der Waals surface area (Å²) in [6.07, 6.45) is 5.69. The lowest BCUT2D eigenvalue weighted by molar-refractivity contribution is -0.158. The van der Waals surface area contributed by atoms with Gasteiger partial charge >= 0.3 is 6.03 Å². The maximum atomic E-state index is 13.0. The Balaban J connectivity index is 1.45. The fourth-order valence-corrected chi connectivity index (χ4v) is 5.84. The maximum Gasteiger partial charge on any atom is 0.320 e. The van der Waals surface area contributed by atoms with Gasteiger partial charge in [0.1, 0.15) is 0 Å². The van der Waals surface area contributed by atoms with Crippen LogP contribution in [0.25, 0.3) is 0 Å². The van der Waals surface area contributed by atoms with Crippen LogP contribution in [-0.4, -0.2) is 41.0 Å². The Labute approximate surface area is 137 Å².